The van der Waals surface area contributed by atoms with E-state index in [1.807, 2.05) is 24.3 Å². The van der Waals surface area contributed by atoms with E-state index in [2.05, 4.69) is 29.1 Å². The van der Waals surface area contributed by atoms with E-state index in [1.165, 1.54) is 6.07 Å². The lowest BCUT2D eigenvalue weighted by atomic mass is 10.0. The van der Waals surface area contributed by atoms with Gasteiger partial charge in [0.25, 0.3) is 5.56 Å². The Kier molecular flexibility index (Phi) is 6.36. The monoisotopic (exact) mass is 396 g/mol. The van der Waals surface area contributed by atoms with Gasteiger partial charge in [-0.15, -0.1) is 0 Å². The predicted molar refractivity (Wildman–Crippen MR) is 113 cm³/mol. The lowest BCUT2D eigenvalue weighted by Gasteiger charge is -2.19. The third-order valence-electron chi connectivity index (χ3n) is 4.89. The molecule has 7 nitrogen and oxygen atoms in total. The number of amides is 1. The van der Waals surface area contributed by atoms with Crippen molar-refractivity contribution in [2.24, 2.45) is 5.92 Å². The zero-order valence-corrected chi connectivity index (χ0v) is 17.1. The van der Waals surface area contributed by atoms with Gasteiger partial charge < -0.3 is 20.0 Å². The summed E-state index contributed by atoms with van der Waals surface area (Å²) in [6.07, 6.45) is 1.62. The molecule has 0 saturated heterocycles. The number of hydrogen-bond acceptors (Lipinski definition) is 4. The minimum Gasteiger partial charge on any atom is -0.508 e. The lowest BCUT2D eigenvalue weighted by Crippen LogP contribution is -2.30. The van der Waals surface area contributed by atoms with Crippen molar-refractivity contribution in [1.29, 1.82) is 0 Å². The average Bonchev–Trinajstić information content (AvgIpc) is 3.07. The van der Waals surface area contributed by atoms with Crippen molar-refractivity contribution >= 4 is 16.9 Å². The molecule has 0 spiro atoms. The third-order valence-corrected chi connectivity index (χ3v) is 4.89. The van der Waals surface area contributed by atoms with E-state index in [1.54, 1.807) is 17.6 Å². The van der Waals surface area contributed by atoms with Crippen molar-refractivity contribution in [3.05, 3.63) is 58.3 Å². The molecule has 7 heteroatoms. The normalized spacial score (nSPS) is 12.4. The van der Waals surface area contributed by atoms with E-state index in [0.29, 0.717) is 31.0 Å². The van der Waals surface area contributed by atoms with Crippen LogP contribution in [-0.2, 0) is 11.3 Å². The Balaban J connectivity index is 1.64. The number of carbonyl (C=O) groups excluding carboxylic acids is 1. The van der Waals surface area contributed by atoms with Gasteiger partial charge >= 0.3 is 0 Å². The number of rotatable bonds is 8. The molecule has 154 valence electrons. The van der Waals surface area contributed by atoms with Crippen molar-refractivity contribution in [3.63, 3.8) is 0 Å². The van der Waals surface area contributed by atoms with Gasteiger partial charge in [0.05, 0.1) is 17.1 Å². The molecule has 2 aromatic heterocycles. The number of para-hydroxylation sites is 2. The Morgan fingerprint density at radius 2 is 2.03 bits per heavy atom. The topological polar surface area (TPSA) is 100 Å². The molecule has 0 radical (unpaired) electrons. The summed E-state index contributed by atoms with van der Waals surface area (Å²) in [4.78, 5) is 32.5. The fraction of sp³-hybridized carbons (Fsp3) is 0.409. The Hall–Kier alpha value is -3.09. The number of aryl methyl sites for hydroxylation is 1. The summed E-state index contributed by atoms with van der Waals surface area (Å²) in [6.45, 7) is 6.42. The SMILES string of the molecule is Cc1cc(O)cc(=O)n1CCCC(=O)N[C@@H](CC(C)C)c1nc2ccccc2[nH]1. The maximum absolute atomic E-state index is 12.6. The van der Waals surface area contributed by atoms with Crippen LogP contribution in [0.5, 0.6) is 5.75 Å². The van der Waals surface area contributed by atoms with E-state index >= 15 is 0 Å². The Morgan fingerprint density at radius 3 is 2.72 bits per heavy atom. The van der Waals surface area contributed by atoms with Gasteiger partial charge in [0, 0.05) is 24.7 Å². The Bertz CT molecular complexity index is 1020. The highest BCUT2D eigenvalue weighted by Gasteiger charge is 2.19. The largest absolute Gasteiger partial charge is 0.508 e. The van der Waals surface area contributed by atoms with Crippen LogP contribution in [0, 0.1) is 12.8 Å². The first-order valence-electron chi connectivity index (χ1n) is 9.98. The number of imidazole rings is 1. The summed E-state index contributed by atoms with van der Waals surface area (Å²) in [5, 5.41) is 12.6. The molecule has 2 heterocycles. The van der Waals surface area contributed by atoms with Gasteiger partial charge in [0.2, 0.25) is 5.91 Å². The zero-order chi connectivity index (χ0) is 21.0. The number of hydrogen-bond donors (Lipinski definition) is 3. The summed E-state index contributed by atoms with van der Waals surface area (Å²) >= 11 is 0. The quantitative estimate of drug-likeness (QED) is 0.543. The Labute approximate surface area is 169 Å². The smallest absolute Gasteiger partial charge is 0.254 e. The average molecular weight is 396 g/mol. The van der Waals surface area contributed by atoms with Gasteiger partial charge in [0.15, 0.2) is 0 Å². The molecule has 0 aliphatic heterocycles. The second kappa shape index (κ2) is 8.94. The van der Waals surface area contributed by atoms with Crippen LogP contribution in [-0.4, -0.2) is 25.5 Å². The fourth-order valence-electron chi connectivity index (χ4n) is 3.51. The third kappa shape index (κ3) is 5.25. The van der Waals surface area contributed by atoms with Gasteiger partial charge in [-0.1, -0.05) is 26.0 Å². The highest BCUT2D eigenvalue weighted by atomic mass is 16.3. The second-order valence-corrected chi connectivity index (χ2v) is 7.84. The van der Waals surface area contributed by atoms with Gasteiger partial charge in [0.1, 0.15) is 11.6 Å². The predicted octanol–water partition coefficient (Wildman–Crippen LogP) is 3.42. The molecule has 1 aromatic carbocycles. The van der Waals surface area contributed by atoms with Crippen LogP contribution < -0.4 is 10.9 Å². The second-order valence-electron chi connectivity index (χ2n) is 7.84. The van der Waals surface area contributed by atoms with Crippen molar-refractivity contribution in [2.45, 2.75) is 52.6 Å². The van der Waals surface area contributed by atoms with Crippen LogP contribution in [0.3, 0.4) is 0 Å². The molecule has 1 amide bonds. The van der Waals surface area contributed by atoms with E-state index in [0.717, 1.165) is 23.3 Å². The molecule has 3 N–H and O–H groups in total. The first kappa shape index (κ1) is 20.6. The van der Waals surface area contributed by atoms with E-state index in [4.69, 9.17) is 0 Å². The van der Waals surface area contributed by atoms with E-state index in [-0.39, 0.29) is 23.3 Å². The number of benzene rings is 1. The molecule has 0 fully saturated rings. The molecule has 1 atom stereocenters. The van der Waals surface area contributed by atoms with Crippen molar-refractivity contribution < 1.29 is 9.90 Å². The van der Waals surface area contributed by atoms with Crippen LogP contribution in [0.15, 0.2) is 41.2 Å². The van der Waals surface area contributed by atoms with Crippen LogP contribution in [0.4, 0.5) is 0 Å². The molecule has 3 rings (SSSR count). The highest BCUT2D eigenvalue weighted by molar-refractivity contribution is 5.77. The highest BCUT2D eigenvalue weighted by Crippen LogP contribution is 2.22. The first-order valence-corrected chi connectivity index (χ1v) is 9.98. The molecule has 0 bridgehead atoms. The van der Waals surface area contributed by atoms with Crippen LogP contribution in [0.2, 0.25) is 0 Å². The number of fused-ring (bicyclic) bond motifs is 1. The number of H-pyrrole nitrogens is 1. The summed E-state index contributed by atoms with van der Waals surface area (Å²) in [7, 11) is 0. The summed E-state index contributed by atoms with van der Waals surface area (Å²) < 4.78 is 1.57. The zero-order valence-electron chi connectivity index (χ0n) is 17.1. The number of aromatic hydroxyl groups is 1. The molecular formula is C22H28N4O3. The lowest BCUT2D eigenvalue weighted by molar-refractivity contribution is -0.122. The van der Waals surface area contributed by atoms with E-state index in [9.17, 15) is 14.7 Å². The van der Waals surface area contributed by atoms with Crippen LogP contribution in [0.1, 0.15) is 50.7 Å². The number of nitrogens with one attached hydrogen (secondary N) is 2. The molecular weight excluding hydrogens is 368 g/mol. The standard InChI is InChI=1S/C22H28N4O3/c1-14(2)11-19(22-24-17-7-4-5-8-18(17)25-22)23-20(28)9-6-10-26-15(3)12-16(27)13-21(26)29/h4-5,7-8,12-14,19,27H,6,9-11H2,1-3H3,(H,23,28)(H,24,25)/t19-/m0/s1. The Morgan fingerprint density at radius 1 is 1.28 bits per heavy atom. The minimum atomic E-state index is -0.261. The first-order chi connectivity index (χ1) is 13.8. The number of aromatic amines is 1. The number of pyridine rings is 1. The molecule has 3 aromatic rings. The van der Waals surface area contributed by atoms with Crippen LogP contribution >= 0.6 is 0 Å². The van der Waals surface area contributed by atoms with Gasteiger partial charge in [-0.25, -0.2) is 4.98 Å². The van der Waals surface area contributed by atoms with Crippen LogP contribution in [0.25, 0.3) is 11.0 Å². The maximum atomic E-state index is 12.6. The number of carbonyl (C=O) groups is 1. The number of aromatic nitrogens is 3. The van der Waals surface area contributed by atoms with Crippen molar-refractivity contribution in [3.8, 4) is 5.75 Å². The van der Waals surface area contributed by atoms with Crippen molar-refractivity contribution in [2.75, 3.05) is 0 Å². The van der Waals surface area contributed by atoms with Gasteiger partial charge in [-0.2, -0.15) is 0 Å². The summed E-state index contributed by atoms with van der Waals surface area (Å²) in [6, 6.07) is 10.4. The molecule has 0 aliphatic rings. The molecule has 0 saturated carbocycles. The number of nitrogens with zero attached hydrogens (tertiary/aromatic N) is 2. The molecule has 0 aliphatic carbocycles. The minimum absolute atomic E-state index is 0.0381. The van der Waals surface area contributed by atoms with Gasteiger partial charge in [-0.05, 0) is 43.9 Å². The maximum Gasteiger partial charge on any atom is 0.254 e. The van der Waals surface area contributed by atoms with Crippen molar-refractivity contribution in [1.82, 2.24) is 19.9 Å². The van der Waals surface area contributed by atoms with Gasteiger partial charge in [-0.3, -0.25) is 9.59 Å². The molecule has 0 unspecified atom stereocenters. The summed E-state index contributed by atoms with van der Waals surface area (Å²) in [5.74, 6) is 1.05. The molecule has 29 heavy (non-hydrogen) atoms. The fourth-order valence-corrected chi connectivity index (χ4v) is 3.51. The summed E-state index contributed by atoms with van der Waals surface area (Å²) in [5.41, 5.74) is 2.25. The van der Waals surface area contributed by atoms with E-state index < -0.39 is 0 Å².